The predicted octanol–water partition coefficient (Wildman–Crippen LogP) is 5.47. The van der Waals surface area contributed by atoms with Gasteiger partial charge in [0.15, 0.2) is 5.69 Å². The Morgan fingerprint density at radius 1 is 1.16 bits per heavy atom. The zero-order valence-corrected chi connectivity index (χ0v) is 22.3. The van der Waals surface area contributed by atoms with Gasteiger partial charge in [-0.3, -0.25) is 14.5 Å². The largest absolute Gasteiger partial charge is 0.466 e. The molecule has 0 saturated carbocycles. The molecule has 37 heavy (non-hydrogen) atoms. The maximum absolute atomic E-state index is 13.2. The number of esters is 1. The molecule has 0 radical (unpaired) electrons. The summed E-state index contributed by atoms with van der Waals surface area (Å²) in [7, 11) is 0. The number of benzene rings is 2. The Morgan fingerprint density at radius 3 is 2.68 bits per heavy atom. The van der Waals surface area contributed by atoms with E-state index in [0.29, 0.717) is 32.1 Å². The zero-order valence-electron chi connectivity index (χ0n) is 22.3. The standard InChI is InChI=1S/C30H37N3O4/c1-5-36-30(35)26-12-9-15-32(18-26)29(34)27-20-37-28(31-27)19-33(23(4)24-10-7-6-8-11-24)17-25-14-13-21(2)16-22(25)3/h6-8,10-11,13-14,16,20,23,26H,5,9,12,15,17-19H2,1-4H3/t23-,26-/m0/s1. The highest BCUT2D eigenvalue weighted by Gasteiger charge is 2.31. The zero-order chi connectivity index (χ0) is 26.4. The van der Waals surface area contributed by atoms with Crippen molar-refractivity contribution in [3.8, 4) is 0 Å². The number of amides is 1. The first-order chi connectivity index (χ1) is 17.9. The van der Waals surface area contributed by atoms with Crippen molar-refractivity contribution in [1.82, 2.24) is 14.8 Å². The lowest BCUT2D eigenvalue weighted by Crippen LogP contribution is -2.43. The fourth-order valence-electron chi connectivity index (χ4n) is 4.95. The molecule has 1 aliphatic rings. The van der Waals surface area contributed by atoms with E-state index in [1.54, 1.807) is 11.8 Å². The molecular weight excluding hydrogens is 466 g/mol. The molecule has 196 valence electrons. The smallest absolute Gasteiger partial charge is 0.310 e. The van der Waals surface area contributed by atoms with Gasteiger partial charge in [0.1, 0.15) is 6.26 Å². The van der Waals surface area contributed by atoms with Gasteiger partial charge in [-0.1, -0.05) is 54.1 Å². The Hall–Kier alpha value is -3.45. The Bertz CT molecular complexity index is 1210. The lowest BCUT2D eigenvalue weighted by atomic mass is 9.98. The molecule has 7 heteroatoms. The fraction of sp³-hybridized carbons (Fsp3) is 0.433. The predicted molar refractivity (Wildman–Crippen MR) is 142 cm³/mol. The molecule has 0 spiro atoms. The Kier molecular flexibility index (Phi) is 8.77. The van der Waals surface area contributed by atoms with Gasteiger partial charge >= 0.3 is 5.97 Å². The number of carbonyl (C=O) groups excluding carboxylic acids is 2. The summed E-state index contributed by atoms with van der Waals surface area (Å²) in [6.45, 7) is 10.7. The molecular formula is C30H37N3O4. The third kappa shape index (κ3) is 6.66. The molecule has 3 aromatic rings. The molecule has 1 amide bonds. The van der Waals surface area contributed by atoms with Gasteiger partial charge in [0.25, 0.3) is 5.91 Å². The maximum Gasteiger partial charge on any atom is 0.310 e. The second kappa shape index (κ2) is 12.2. The molecule has 7 nitrogen and oxygen atoms in total. The van der Waals surface area contributed by atoms with Gasteiger partial charge in [0, 0.05) is 25.7 Å². The number of rotatable bonds is 9. The second-order valence-corrected chi connectivity index (χ2v) is 9.89. The monoisotopic (exact) mass is 503 g/mol. The van der Waals surface area contributed by atoms with Crippen LogP contribution >= 0.6 is 0 Å². The summed E-state index contributed by atoms with van der Waals surface area (Å²) in [5.41, 5.74) is 5.21. The minimum absolute atomic E-state index is 0.111. The van der Waals surface area contributed by atoms with Crippen LogP contribution in [0.5, 0.6) is 0 Å². The Morgan fingerprint density at radius 2 is 1.95 bits per heavy atom. The minimum Gasteiger partial charge on any atom is -0.466 e. The van der Waals surface area contributed by atoms with Gasteiger partial charge in [0.2, 0.25) is 5.89 Å². The minimum atomic E-state index is -0.288. The number of hydrogen-bond donors (Lipinski definition) is 0. The average Bonchev–Trinajstić information content (AvgIpc) is 3.38. The number of carbonyl (C=O) groups is 2. The third-order valence-electron chi connectivity index (χ3n) is 7.14. The summed E-state index contributed by atoms with van der Waals surface area (Å²) in [6.07, 6.45) is 2.93. The number of nitrogens with zero attached hydrogens (tertiary/aromatic N) is 3. The summed E-state index contributed by atoms with van der Waals surface area (Å²) in [4.78, 5) is 34.0. The lowest BCUT2D eigenvalue weighted by molar-refractivity contribution is -0.149. The van der Waals surface area contributed by atoms with Crippen LogP contribution in [0.25, 0.3) is 0 Å². The van der Waals surface area contributed by atoms with Gasteiger partial charge < -0.3 is 14.1 Å². The van der Waals surface area contributed by atoms with Gasteiger partial charge in [0.05, 0.1) is 19.1 Å². The van der Waals surface area contributed by atoms with E-state index in [0.717, 1.165) is 19.4 Å². The van der Waals surface area contributed by atoms with E-state index in [9.17, 15) is 9.59 Å². The second-order valence-electron chi connectivity index (χ2n) is 9.89. The van der Waals surface area contributed by atoms with Crippen LogP contribution in [-0.2, 0) is 22.6 Å². The van der Waals surface area contributed by atoms with Crippen molar-refractivity contribution >= 4 is 11.9 Å². The van der Waals surface area contributed by atoms with Crippen LogP contribution in [-0.4, -0.2) is 46.4 Å². The van der Waals surface area contributed by atoms with Crippen molar-refractivity contribution in [2.24, 2.45) is 5.92 Å². The number of likely N-dealkylation sites (tertiary alicyclic amines) is 1. The maximum atomic E-state index is 13.2. The normalized spacial score (nSPS) is 16.6. The number of aryl methyl sites for hydroxylation is 2. The van der Waals surface area contributed by atoms with Gasteiger partial charge in [-0.15, -0.1) is 0 Å². The molecule has 1 saturated heterocycles. The summed E-state index contributed by atoms with van der Waals surface area (Å²) in [5, 5.41) is 0. The molecule has 2 heterocycles. The topological polar surface area (TPSA) is 75.9 Å². The van der Waals surface area contributed by atoms with Crippen LogP contribution in [0.2, 0.25) is 0 Å². The number of aromatic nitrogens is 1. The van der Waals surface area contributed by atoms with Crippen LogP contribution in [0.1, 0.15) is 71.4 Å². The van der Waals surface area contributed by atoms with E-state index in [-0.39, 0.29) is 29.5 Å². The quantitative estimate of drug-likeness (QED) is 0.361. The highest BCUT2D eigenvalue weighted by molar-refractivity contribution is 5.92. The van der Waals surface area contributed by atoms with Crippen molar-refractivity contribution < 1.29 is 18.7 Å². The molecule has 0 N–H and O–H groups in total. The number of oxazole rings is 1. The molecule has 4 rings (SSSR count). The van der Waals surface area contributed by atoms with Crippen LogP contribution in [0, 0.1) is 19.8 Å². The van der Waals surface area contributed by atoms with Crippen LogP contribution in [0.4, 0.5) is 0 Å². The van der Waals surface area contributed by atoms with Crippen LogP contribution < -0.4 is 0 Å². The van der Waals surface area contributed by atoms with Crippen molar-refractivity contribution in [2.75, 3.05) is 19.7 Å². The molecule has 1 fully saturated rings. The molecule has 2 aromatic carbocycles. The first-order valence-electron chi connectivity index (χ1n) is 13.1. The van der Waals surface area contributed by atoms with E-state index < -0.39 is 0 Å². The lowest BCUT2D eigenvalue weighted by Gasteiger charge is -2.31. The van der Waals surface area contributed by atoms with Crippen molar-refractivity contribution in [2.45, 2.75) is 59.7 Å². The molecule has 0 aliphatic carbocycles. The SMILES string of the molecule is CCOC(=O)[C@H]1CCCN(C(=O)c2coc(CN(Cc3ccc(C)cc3C)[C@@H](C)c3ccccc3)n2)C1. The summed E-state index contributed by atoms with van der Waals surface area (Å²) >= 11 is 0. The van der Waals surface area contributed by atoms with Crippen LogP contribution in [0.3, 0.4) is 0 Å². The highest BCUT2D eigenvalue weighted by Crippen LogP contribution is 2.26. The first-order valence-corrected chi connectivity index (χ1v) is 13.1. The molecule has 1 aliphatic heterocycles. The average molecular weight is 504 g/mol. The fourth-order valence-corrected chi connectivity index (χ4v) is 4.95. The Balaban J connectivity index is 1.50. The van der Waals surface area contributed by atoms with Gasteiger partial charge in [-0.25, -0.2) is 4.98 Å². The van der Waals surface area contributed by atoms with Crippen molar-refractivity contribution in [3.63, 3.8) is 0 Å². The van der Waals surface area contributed by atoms with Crippen molar-refractivity contribution in [1.29, 1.82) is 0 Å². The molecule has 2 atom stereocenters. The summed E-state index contributed by atoms with van der Waals surface area (Å²) in [6, 6.07) is 17.0. The van der Waals surface area contributed by atoms with E-state index in [1.165, 1.54) is 28.5 Å². The number of ether oxygens (including phenoxy) is 1. The van der Waals surface area contributed by atoms with Crippen LogP contribution in [0.15, 0.2) is 59.2 Å². The number of hydrogen-bond acceptors (Lipinski definition) is 6. The highest BCUT2D eigenvalue weighted by atomic mass is 16.5. The Labute approximate surface area is 219 Å². The van der Waals surface area contributed by atoms with E-state index in [2.05, 4.69) is 61.0 Å². The number of piperidine rings is 1. The third-order valence-corrected chi connectivity index (χ3v) is 7.14. The van der Waals surface area contributed by atoms with Gasteiger partial charge in [-0.05, 0) is 57.2 Å². The van der Waals surface area contributed by atoms with Crippen molar-refractivity contribution in [3.05, 3.63) is 88.6 Å². The van der Waals surface area contributed by atoms with E-state index in [1.807, 2.05) is 18.2 Å². The molecule has 0 unspecified atom stereocenters. The first kappa shape index (κ1) is 26.6. The molecule has 1 aromatic heterocycles. The molecule has 0 bridgehead atoms. The van der Waals surface area contributed by atoms with E-state index >= 15 is 0 Å². The summed E-state index contributed by atoms with van der Waals surface area (Å²) < 4.78 is 11.0. The van der Waals surface area contributed by atoms with Gasteiger partial charge in [-0.2, -0.15) is 0 Å². The summed E-state index contributed by atoms with van der Waals surface area (Å²) in [5.74, 6) is -0.238. The van der Waals surface area contributed by atoms with E-state index in [4.69, 9.17) is 9.15 Å².